The fourth-order valence-corrected chi connectivity index (χ4v) is 4.41. The van der Waals surface area contributed by atoms with E-state index >= 15 is 0 Å². The minimum Gasteiger partial charge on any atom is -0.368 e. The van der Waals surface area contributed by atoms with Crippen LogP contribution in [0.2, 0.25) is 0 Å². The average Bonchev–Trinajstić information content (AvgIpc) is 3.15. The molecule has 0 radical (unpaired) electrons. The summed E-state index contributed by atoms with van der Waals surface area (Å²) < 4.78 is 0. The van der Waals surface area contributed by atoms with Gasteiger partial charge in [0, 0.05) is 50.5 Å². The second-order valence-electron chi connectivity index (χ2n) is 8.27. The van der Waals surface area contributed by atoms with Gasteiger partial charge in [0.15, 0.2) is 0 Å². The molecule has 1 atom stereocenters. The molecule has 0 spiro atoms. The summed E-state index contributed by atoms with van der Waals surface area (Å²) >= 11 is 0. The summed E-state index contributed by atoms with van der Waals surface area (Å²) in [6.07, 6.45) is 0.310. The van der Waals surface area contributed by atoms with Gasteiger partial charge in [-0.2, -0.15) is 0 Å². The van der Waals surface area contributed by atoms with E-state index in [2.05, 4.69) is 36.9 Å². The number of benzene rings is 2. The number of para-hydroxylation sites is 2. The van der Waals surface area contributed by atoms with Crippen molar-refractivity contribution in [2.45, 2.75) is 26.2 Å². The van der Waals surface area contributed by atoms with Gasteiger partial charge in [0.25, 0.3) is 0 Å². The van der Waals surface area contributed by atoms with E-state index in [9.17, 15) is 9.59 Å². The molecule has 2 saturated heterocycles. The van der Waals surface area contributed by atoms with Crippen LogP contribution in [0.4, 0.5) is 11.4 Å². The Labute approximate surface area is 172 Å². The predicted molar refractivity (Wildman–Crippen MR) is 116 cm³/mol. The van der Waals surface area contributed by atoms with Gasteiger partial charge in [-0.25, -0.2) is 0 Å². The van der Waals surface area contributed by atoms with E-state index in [4.69, 9.17) is 0 Å². The van der Waals surface area contributed by atoms with Crippen LogP contribution in [-0.4, -0.2) is 49.4 Å². The van der Waals surface area contributed by atoms with Gasteiger partial charge >= 0.3 is 0 Å². The number of hydrogen-bond donors (Lipinski definition) is 0. The Morgan fingerprint density at radius 1 is 0.931 bits per heavy atom. The van der Waals surface area contributed by atoms with Crippen molar-refractivity contribution < 1.29 is 9.59 Å². The maximum Gasteiger partial charge on any atom is 0.228 e. The smallest absolute Gasteiger partial charge is 0.228 e. The maximum absolute atomic E-state index is 13.1. The molecule has 2 aliphatic heterocycles. The summed E-state index contributed by atoms with van der Waals surface area (Å²) in [5.41, 5.74) is 3.31. The lowest BCUT2D eigenvalue weighted by Gasteiger charge is -2.37. The first-order valence-electron chi connectivity index (χ1n) is 10.5. The van der Waals surface area contributed by atoms with E-state index in [1.165, 1.54) is 5.69 Å². The van der Waals surface area contributed by atoms with Gasteiger partial charge in [0.1, 0.15) is 0 Å². The molecule has 2 aromatic carbocycles. The Morgan fingerprint density at radius 2 is 1.59 bits per heavy atom. The topological polar surface area (TPSA) is 43.9 Å². The van der Waals surface area contributed by atoms with Crippen LogP contribution in [0.3, 0.4) is 0 Å². The quantitative estimate of drug-likeness (QED) is 0.801. The normalized spacial score (nSPS) is 19.9. The highest BCUT2D eigenvalue weighted by Crippen LogP contribution is 2.32. The fourth-order valence-electron chi connectivity index (χ4n) is 4.41. The monoisotopic (exact) mass is 391 g/mol. The minimum atomic E-state index is -0.244. The Bertz CT molecular complexity index is 873. The minimum absolute atomic E-state index is 0.0550. The van der Waals surface area contributed by atoms with Crippen LogP contribution >= 0.6 is 0 Å². The zero-order valence-electron chi connectivity index (χ0n) is 17.3. The highest BCUT2D eigenvalue weighted by molar-refractivity contribution is 6.01. The summed E-state index contributed by atoms with van der Waals surface area (Å²) in [4.78, 5) is 31.9. The number of carbonyl (C=O) groups excluding carboxylic acids is 2. The van der Waals surface area contributed by atoms with E-state index < -0.39 is 0 Å². The lowest BCUT2D eigenvalue weighted by atomic mass is 10.0. The summed E-state index contributed by atoms with van der Waals surface area (Å²) in [6, 6.07) is 18.4. The molecule has 5 nitrogen and oxygen atoms in total. The molecule has 4 rings (SSSR count). The number of piperazine rings is 1. The standard InChI is InChI=1S/C24H29N3O2/c1-18(2)21-10-6-7-11-22(21)27-17-19(16-23(27)28)24(29)26-14-12-25(13-15-26)20-8-4-3-5-9-20/h3-11,18-19H,12-17H2,1-2H3. The van der Waals surface area contributed by atoms with Crippen LogP contribution in [0.15, 0.2) is 54.6 Å². The second-order valence-corrected chi connectivity index (χ2v) is 8.27. The molecule has 0 aliphatic carbocycles. The average molecular weight is 392 g/mol. The largest absolute Gasteiger partial charge is 0.368 e. The van der Waals surface area contributed by atoms with Crippen LogP contribution in [0, 0.1) is 5.92 Å². The zero-order chi connectivity index (χ0) is 20.4. The van der Waals surface area contributed by atoms with E-state index in [0.29, 0.717) is 32.0 Å². The van der Waals surface area contributed by atoms with Crippen molar-refractivity contribution in [2.75, 3.05) is 42.5 Å². The number of carbonyl (C=O) groups is 2. The van der Waals surface area contributed by atoms with Crippen molar-refractivity contribution in [3.63, 3.8) is 0 Å². The molecule has 2 heterocycles. The van der Waals surface area contributed by atoms with Crippen molar-refractivity contribution in [1.82, 2.24) is 4.90 Å². The molecule has 29 heavy (non-hydrogen) atoms. The first-order chi connectivity index (χ1) is 14.0. The van der Waals surface area contributed by atoms with E-state index in [-0.39, 0.29) is 17.7 Å². The molecule has 2 fully saturated rings. The third-order valence-corrected chi connectivity index (χ3v) is 6.04. The summed E-state index contributed by atoms with van der Waals surface area (Å²) in [6.45, 7) is 7.83. The van der Waals surface area contributed by atoms with Gasteiger partial charge in [-0.1, -0.05) is 50.2 Å². The van der Waals surface area contributed by atoms with Crippen molar-refractivity contribution in [3.05, 3.63) is 60.2 Å². The van der Waals surface area contributed by atoms with Crippen LogP contribution in [-0.2, 0) is 9.59 Å². The molecular weight excluding hydrogens is 362 g/mol. The summed E-state index contributed by atoms with van der Waals surface area (Å²) in [7, 11) is 0. The molecule has 2 aliphatic rings. The number of nitrogens with zero attached hydrogens (tertiary/aromatic N) is 3. The first-order valence-corrected chi connectivity index (χ1v) is 10.5. The molecule has 0 N–H and O–H groups in total. The van der Waals surface area contributed by atoms with E-state index in [1.54, 1.807) is 0 Å². The van der Waals surface area contributed by atoms with Gasteiger partial charge in [-0.05, 0) is 29.7 Å². The highest BCUT2D eigenvalue weighted by Gasteiger charge is 2.38. The summed E-state index contributed by atoms with van der Waals surface area (Å²) in [5, 5.41) is 0. The number of anilines is 2. The lowest BCUT2D eigenvalue weighted by molar-refractivity contribution is -0.136. The zero-order valence-corrected chi connectivity index (χ0v) is 17.3. The predicted octanol–water partition coefficient (Wildman–Crippen LogP) is 3.51. The Kier molecular flexibility index (Phi) is 5.56. The molecule has 0 aromatic heterocycles. The van der Waals surface area contributed by atoms with Crippen molar-refractivity contribution in [3.8, 4) is 0 Å². The SMILES string of the molecule is CC(C)c1ccccc1N1CC(C(=O)N2CCN(c3ccccc3)CC2)CC1=O. The number of amides is 2. The molecule has 5 heteroatoms. The molecule has 0 bridgehead atoms. The van der Waals surface area contributed by atoms with E-state index in [0.717, 1.165) is 24.3 Å². The van der Waals surface area contributed by atoms with Crippen molar-refractivity contribution in [2.24, 2.45) is 5.92 Å². The van der Waals surface area contributed by atoms with Gasteiger partial charge in [-0.15, -0.1) is 0 Å². The first kappa shape index (κ1) is 19.5. The summed E-state index contributed by atoms with van der Waals surface area (Å²) in [5.74, 6) is 0.265. The third-order valence-electron chi connectivity index (χ3n) is 6.04. The van der Waals surface area contributed by atoms with Crippen molar-refractivity contribution in [1.29, 1.82) is 0 Å². The van der Waals surface area contributed by atoms with Crippen LogP contribution in [0.5, 0.6) is 0 Å². The van der Waals surface area contributed by atoms with Gasteiger partial charge in [-0.3, -0.25) is 9.59 Å². The van der Waals surface area contributed by atoms with Gasteiger partial charge in [0.2, 0.25) is 11.8 Å². The molecular formula is C24H29N3O2. The van der Waals surface area contributed by atoms with Gasteiger partial charge in [0.05, 0.1) is 5.92 Å². The highest BCUT2D eigenvalue weighted by atomic mass is 16.2. The fraction of sp³-hybridized carbons (Fsp3) is 0.417. The number of rotatable bonds is 4. The molecule has 2 aromatic rings. The van der Waals surface area contributed by atoms with Crippen LogP contribution in [0.1, 0.15) is 31.7 Å². The number of hydrogen-bond acceptors (Lipinski definition) is 3. The Balaban J connectivity index is 1.40. The molecule has 152 valence electrons. The third kappa shape index (κ3) is 4.00. The van der Waals surface area contributed by atoms with Crippen LogP contribution in [0.25, 0.3) is 0 Å². The Hall–Kier alpha value is -2.82. The molecule has 1 unspecified atom stereocenters. The molecule has 0 saturated carbocycles. The second kappa shape index (κ2) is 8.27. The van der Waals surface area contributed by atoms with E-state index in [1.807, 2.05) is 46.2 Å². The van der Waals surface area contributed by atoms with Crippen LogP contribution < -0.4 is 9.80 Å². The molecule has 2 amide bonds. The van der Waals surface area contributed by atoms with Crippen molar-refractivity contribution >= 4 is 23.2 Å². The maximum atomic E-state index is 13.1. The van der Waals surface area contributed by atoms with Gasteiger partial charge < -0.3 is 14.7 Å². The Morgan fingerprint density at radius 3 is 2.28 bits per heavy atom. The lowest BCUT2D eigenvalue weighted by Crippen LogP contribution is -2.50.